The summed E-state index contributed by atoms with van der Waals surface area (Å²) in [6.07, 6.45) is 3.79. The molecular weight excluding hydrogens is 222 g/mol. The summed E-state index contributed by atoms with van der Waals surface area (Å²) in [5, 5.41) is 3.23. The lowest BCUT2D eigenvalue weighted by molar-refractivity contribution is -0.127. The molecule has 1 fully saturated rings. The lowest BCUT2D eigenvalue weighted by atomic mass is 9.76. The molecule has 0 heterocycles. The number of ketones is 1. The van der Waals surface area contributed by atoms with Crippen molar-refractivity contribution in [1.82, 2.24) is 5.32 Å². The first-order valence-electron chi connectivity index (χ1n) is 5.57. The highest BCUT2D eigenvalue weighted by Crippen LogP contribution is 2.33. The predicted molar refractivity (Wildman–Crippen MR) is 67.9 cm³/mol. The average molecular weight is 240 g/mol. The molecule has 0 bridgehead atoms. The van der Waals surface area contributed by atoms with Gasteiger partial charge in [-0.05, 0) is 25.5 Å². The second kappa shape index (κ2) is 5.46. The highest BCUT2D eigenvalue weighted by atomic mass is 35.5. The van der Waals surface area contributed by atoms with Gasteiger partial charge in [0.05, 0.1) is 0 Å². The Morgan fingerprint density at radius 1 is 1.19 bits per heavy atom. The average Bonchev–Trinajstić information content (AvgIpc) is 2.31. The zero-order valence-electron chi connectivity index (χ0n) is 9.53. The molecule has 3 heteroatoms. The quantitative estimate of drug-likeness (QED) is 0.860. The van der Waals surface area contributed by atoms with Crippen LogP contribution in [0.4, 0.5) is 0 Å². The van der Waals surface area contributed by atoms with Crippen LogP contribution in [0.1, 0.15) is 31.2 Å². The van der Waals surface area contributed by atoms with E-state index in [-0.39, 0.29) is 12.4 Å². The lowest BCUT2D eigenvalue weighted by Crippen LogP contribution is -2.49. The smallest absolute Gasteiger partial charge is 0.157 e. The predicted octanol–water partition coefficient (Wildman–Crippen LogP) is 2.67. The zero-order valence-corrected chi connectivity index (χ0v) is 10.3. The third kappa shape index (κ3) is 2.13. The summed E-state index contributed by atoms with van der Waals surface area (Å²) in [5.74, 6) is 0.336. The Balaban J connectivity index is 0.00000128. The van der Waals surface area contributed by atoms with Gasteiger partial charge in [-0.25, -0.2) is 0 Å². The van der Waals surface area contributed by atoms with E-state index in [0.29, 0.717) is 12.2 Å². The van der Waals surface area contributed by atoms with Crippen LogP contribution in [0.2, 0.25) is 0 Å². The number of rotatable bonds is 2. The van der Waals surface area contributed by atoms with Crippen LogP contribution in [0, 0.1) is 0 Å². The molecule has 1 aliphatic carbocycles. The fraction of sp³-hybridized carbons (Fsp3) is 0.462. The van der Waals surface area contributed by atoms with Crippen molar-refractivity contribution in [3.05, 3.63) is 35.9 Å². The van der Waals surface area contributed by atoms with Crippen molar-refractivity contribution >= 4 is 18.2 Å². The van der Waals surface area contributed by atoms with E-state index < -0.39 is 5.54 Å². The van der Waals surface area contributed by atoms with Gasteiger partial charge >= 0.3 is 0 Å². The molecule has 0 aromatic heterocycles. The van der Waals surface area contributed by atoms with Crippen LogP contribution in [0.15, 0.2) is 30.3 Å². The van der Waals surface area contributed by atoms with Crippen molar-refractivity contribution in [2.24, 2.45) is 0 Å². The van der Waals surface area contributed by atoms with Crippen LogP contribution in [0.5, 0.6) is 0 Å². The van der Waals surface area contributed by atoms with Gasteiger partial charge in [-0.2, -0.15) is 0 Å². The lowest BCUT2D eigenvalue weighted by Gasteiger charge is -2.36. The number of carbonyl (C=O) groups excluding carboxylic acids is 1. The molecule has 2 nitrogen and oxygen atoms in total. The third-order valence-corrected chi connectivity index (χ3v) is 3.37. The van der Waals surface area contributed by atoms with Gasteiger partial charge in [0.25, 0.3) is 0 Å². The van der Waals surface area contributed by atoms with Crippen LogP contribution in [0.25, 0.3) is 0 Å². The number of hydrogen-bond donors (Lipinski definition) is 1. The van der Waals surface area contributed by atoms with Gasteiger partial charge in [-0.3, -0.25) is 4.79 Å². The standard InChI is InChI=1S/C13H17NO.ClH/c1-14-13(10-6-5-9-12(13)15)11-7-3-2-4-8-11;/h2-4,7-8,14H,5-6,9-10H2,1H3;1H. The van der Waals surface area contributed by atoms with Crippen LogP contribution < -0.4 is 5.32 Å². The van der Waals surface area contributed by atoms with E-state index in [2.05, 4.69) is 5.32 Å². The molecule has 1 aromatic carbocycles. The van der Waals surface area contributed by atoms with Gasteiger partial charge in [-0.15, -0.1) is 12.4 Å². The Morgan fingerprint density at radius 2 is 1.88 bits per heavy atom. The first kappa shape index (κ1) is 13.2. The molecule has 1 unspecified atom stereocenters. The zero-order chi connectivity index (χ0) is 10.7. The van der Waals surface area contributed by atoms with E-state index in [0.717, 1.165) is 24.8 Å². The fourth-order valence-electron chi connectivity index (χ4n) is 2.47. The Labute approximate surface area is 103 Å². The Morgan fingerprint density at radius 3 is 2.44 bits per heavy atom. The van der Waals surface area contributed by atoms with Crippen molar-refractivity contribution in [1.29, 1.82) is 0 Å². The number of nitrogens with one attached hydrogen (secondary N) is 1. The van der Waals surface area contributed by atoms with Crippen LogP contribution in [-0.2, 0) is 10.3 Å². The van der Waals surface area contributed by atoms with Crippen LogP contribution >= 0.6 is 12.4 Å². The van der Waals surface area contributed by atoms with Crippen molar-refractivity contribution in [2.75, 3.05) is 7.05 Å². The summed E-state index contributed by atoms with van der Waals surface area (Å²) in [6, 6.07) is 10.1. The fourth-order valence-corrected chi connectivity index (χ4v) is 2.47. The molecule has 0 saturated heterocycles. The summed E-state index contributed by atoms with van der Waals surface area (Å²) in [5.41, 5.74) is 0.691. The molecule has 1 saturated carbocycles. The largest absolute Gasteiger partial charge is 0.304 e. The molecule has 1 atom stereocenters. The van der Waals surface area contributed by atoms with Crippen molar-refractivity contribution in [3.8, 4) is 0 Å². The second-order valence-corrected chi connectivity index (χ2v) is 4.15. The van der Waals surface area contributed by atoms with Crippen molar-refractivity contribution in [2.45, 2.75) is 31.2 Å². The maximum Gasteiger partial charge on any atom is 0.157 e. The monoisotopic (exact) mass is 239 g/mol. The summed E-state index contributed by atoms with van der Waals surface area (Å²) in [6.45, 7) is 0. The van der Waals surface area contributed by atoms with Crippen LogP contribution in [-0.4, -0.2) is 12.8 Å². The van der Waals surface area contributed by atoms with Crippen molar-refractivity contribution < 1.29 is 4.79 Å². The van der Waals surface area contributed by atoms with E-state index in [1.165, 1.54) is 0 Å². The van der Waals surface area contributed by atoms with E-state index in [1.807, 2.05) is 37.4 Å². The van der Waals surface area contributed by atoms with Crippen molar-refractivity contribution in [3.63, 3.8) is 0 Å². The third-order valence-electron chi connectivity index (χ3n) is 3.37. The van der Waals surface area contributed by atoms with E-state index in [1.54, 1.807) is 0 Å². The number of benzene rings is 1. The normalized spacial score (nSPS) is 24.9. The van der Waals surface area contributed by atoms with Gasteiger partial charge in [0.2, 0.25) is 0 Å². The molecule has 0 amide bonds. The van der Waals surface area contributed by atoms with Gasteiger partial charge in [0, 0.05) is 6.42 Å². The summed E-state index contributed by atoms with van der Waals surface area (Å²) < 4.78 is 0. The second-order valence-electron chi connectivity index (χ2n) is 4.15. The molecule has 1 N–H and O–H groups in total. The number of carbonyl (C=O) groups is 1. The molecule has 0 spiro atoms. The summed E-state index contributed by atoms with van der Waals surface area (Å²) in [4.78, 5) is 12.1. The Kier molecular flexibility index (Phi) is 4.51. The minimum Gasteiger partial charge on any atom is -0.304 e. The molecule has 1 aliphatic rings. The van der Waals surface area contributed by atoms with E-state index >= 15 is 0 Å². The maximum absolute atomic E-state index is 12.1. The molecule has 88 valence electrons. The Hall–Kier alpha value is -0.860. The molecule has 16 heavy (non-hydrogen) atoms. The molecule has 0 radical (unpaired) electrons. The molecule has 1 aromatic rings. The highest BCUT2D eigenvalue weighted by molar-refractivity contribution is 5.90. The maximum atomic E-state index is 12.1. The Bertz CT molecular complexity index is 352. The van der Waals surface area contributed by atoms with Gasteiger partial charge in [-0.1, -0.05) is 36.8 Å². The SMILES string of the molecule is CNC1(c2ccccc2)CCCCC1=O.Cl. The number of hydrogen-bond acceptors (Lipinski definition) is 2. The first-order chi connectivity index (χ1) is 7.29. The van der Waals surface area contributed by atoms with Gasteiger partial charge < -0.3 is 5.32 Å². The van der Waals surface area contributed by atoms with Gasteiger partial charge in [0.1, 0.15) is 5.54 Å². The minimum absolute atomic E-state index is 0. The molecule has 2 rings (SSSR count). The number of halogens is 1. The summed E-state index contributed by atoms with van der Waals surface area (Å²) >= 11 is 0. The first-order valence-corrected chi connectivity index (χ1v) is 5.57. The molecular formula is C13H18ClNO. The topological polar surface area (TPSA) is 29.1 Å². The van der Waals surface area contributed by atoms with Gasteiger partial charge in [0.15, 0.2) is 5.78 Å². The number of likely N-dealkylation sites (N-methyl/N-ethyl adjacent to an activating group) is 1. The summed E-state index contributed by atoms with van der Waals surface area (Å²) in [7, 11) is 1.89. The van der Waals surface area contributed by atoms with Crippen LogP contribution in [0.3, 0.4) is 0 Å². The van der Waals surface area contributed by atoms with E-state index in [9.17, 15) is 4.79 Å². The van der Waals surface area contributed by atoms with E-state index in [4.69, 9.17) is 0 Å². The highest BCUT2D eigenvalue weighted by Gasteiger charge is 2.39. The number of Topliss-reactive ketones (excluding diaryl/α,β-unsaturated/α-hetero) is 1. The minimum atomic E-state index is -0.417. The molecule has 0 aliphatic heterocycles.